The van der Waals surface area contributed by atoms with Crippen LogP contribution in [0.1, 0.15) is 85.1 Å². The fourth-order valence-electron chi connectivity index (χ4n) is 6.20. The number of carbonyl (C=O) groups is 1. The predicted molar refractivity (Wildman–Crippen MR) is 157 cm³/mol. The summed E-state index contributed by atoms with van der Waals surface area (Å²) in [7, 11) is -3.59. The number of aromatic nitrogens is 3. The average molecular weight is 586 g/mol. The second-order valence-electron chi connectivity index (χ2n) is 11.4. The summed E-state index contributed by atoms with van der Waals surface area (Å²) < 4.78 is 28.5. The molecule has 2 aromatic heterocycles. The van der Waals surface area contributed by atoms with E-state index in [1.54, 1.807) is 11.0 Å². The van der Waals surface area contributed by atoms with Crippen LogP contribution in [0.25, 0.3) is 5.65 Å². The molecule has 3 aliphatic rings. The van der Waals surface area contributed by atoms with E-state index in [9.17, 15) is 13.2 Å². The third-order valence-corrected chi connectivity index (χ3v) is 9.27. The van der Waals surface area contributed by atoms with Crippen LogP contribution in [0.5, 0.6) is 0 Å². The van der Waals surface area contributed by atoms with Gasteiger partial charge in [-0.15, -0.1) is 0 Å². The number of anilines is 2. The largest absolute Gasteiger partial charge is 0.356 e. The Morgan fingerprint density at radius 2 is 1.80 bits per heavy atom. The Balaban J connectivity index is 1.38. The van der Waals surface area contributed by atoms with E-state index in [1.165, 1.54) is 18.6 Å². The molecule has 0 radical (unpaired) electrons. The number of benzene rings is 1. The van der Waals surface area contributed by atoms with Gasteiger partial charge in [-0.25, -0.2) is 17.9 Å². The Bertz CT molecular complexity index is 1530. The lowest BCUT2D eigenvalue weighted by atomic mass is 9.84. The second kappa shape index (κ2) is 10.8. The quantitative estimate of drug-likeness (QED) is 0.441. The summed E-state index contributed by atoms with van der Waals surface area (Å²) in [5.41, 5.74) is 9.42. The smallest absolute Gasteiger partial charge is 0.256 e. The zero-order valence-corrected chi connectivity index (χ0v) is 24.3. The number of carbonyl (C=O) groups excluding carboxylic acids is 1. The number of nitrogens with one attached hydrogen (secondary N) is 1. The SMILES string of the molecule is CS(=O)(=O)Nc1ccc(Cl)cc1C(=O)N1CCCC[C@H]1c1cc2nc(N3CCC3)cc(C3CCC(N)CC3)n2n1. The van der Waals surface area contributed by atoms with E-state index in [0.717, 1.165) is 87.1 Å². The first-order valence-corrected chi connectivity index (χ1v) is 16.4. The molecule has 0 unspecified atom stereocenters. The highest BCUT2D eigenvalue weighted by molar-refractivity contribution is 7.92. The Kier molecular flexibility index (Phi) is 7.39. The zero-order chi connectivity index (χ0) is 28.0. The predicted octanol–water partition coefficient (Wildman–Crippen LogP) is 4.32. The number of halogens is 1. The number of hydrogen-bond donors (Lipinski definition) is 2. The van der Waals surface area contributed by atoms with Gasteiger partial charge in [-0.1, -0.05) is 11.6 Å². The molecule has 214 valence electrons. The van der Waals surface area contributed by atoms with Crippen LogP contribution in [0, 0.1) is 0 Å². The lowest BCUT2D eigenvalue weighted by Crippen LogP contribution is -2.39. The van der Waals surface area contributed by atoms with E-state index in [2.05, 4.69) is 15.7 Å². The molecule has 3 fully saturated rings. The van der Waals surface area contributed by atoms with Gasteiger partial charge in [-0.3, -0.25) is 9.52 Å². The van der Waals surface area contributed by atoms with Gasteiger partial charge in [0, 0.05) is 48.7 Å². The number of hydrogen-bond acceptors (Lipinski definition) is 7. The van der Waals surface area contributed by atoms with Crippen LogP contribution in [0.2, 0.25) is 5.02 Å². The van der Waals surface area contributed by atoms with Crippen LogP contribution < -0.4 is 15.4 Å². The number of likely N-dealkylation sites (tertiary alicyclic amines) is 1. The summed E-state index contributed by atoms with van der Waals surface area (Å²) in [6, 6.07) is 8.85. The first-order chi connectivity index (χ1) is 19.2. The normalized spacial score (nSPS) is 23.7. The minimum atomic E-state index is -3.59. The van der Waals surface area contributed by atoms with Crippen molar-refractivity contribution in [3.05, 3.63) is 52.3 Å². The van der Waals surface area contributed by atoms with E-state index in [4.69, 9.17) is 27.4 Å². The molecule has 2 aliphatic heterocycles. The minimum Gasteiger partial charge on any atom is -0.356 e. The van der Waals surface area contributed by atoms with Crippen LogP contribution in [-0.4, -0.2) is 65.8 Å². The number of sulfonamides is 1. The molecule has 6 rings (SSSR count). The van der Waals surface area contributed by atoms with Crippen molar-refractivity contribution in [2.75, 3.05) is 35.5 Å². The molecule has 3 aromatic rings. The molecule has 2 saturated heterocycles. The van der Waals surface area contributed by atoms with E-state index >= 15 is 0 Å². The third-order valence-electron chi connectivity index (χ3n) is 8.44. The van der Waals surface area contributed by atoms with Gasteiger partial charge in [-0.05, 0) is 69.6 Å². The van der Waals surface area contributed by atoms with E-state index in [-0.39, 0.29) is 29.2 Å². The summed E-state index contributed by atoms with van der Waals surface area (Å²) in [6.07, 6.45) is 8.85. The van der Waals surface area contributed by atoms with Crippen LogP contribution >= 0.6 is 11.6 Å². The third kappa shape index (κ3) is 5.51. The number of fused-ring (bicyclic) bond motifs is 1. The summed E-state index contributed by atoms with van der Waals surface area (Å²) >= 11 is 6.25. The van der Waals surface area contributed by atoms with E-state index < -0.39 is 10.0 Å². The summed E-state index contributed by atoms with van der Waals surface area (Å²) in [5.74, 6) is 1.08. The highest BCUT2D eigenvalue weighted by atomic mass is 35.5. The minimum absolute atomic E-state index is 0.217. The Hall–Kier alpha value is -2.89. The number of amides is 1. The van der Waals surface area contributed by atoms with Crippen LogP contribution in [0.3, 0.4) is 0 Å². The molecule has 1 aromatic carbocycles. The molecule has 1 aliphatic carbocycles. The fourth-order valence-corrected chi connectivity index (χ4v) is 6.95. The van der Waals surface area contributed by atoms with Gasteiger partial charge >= 0.3 is 0 Å². The lowest BCUT2D eigenvalue weighted by Gasteiger charge is -2.35. The summed E-state index contributed by atoms with van der Waals surface area (Å²) in [6.45, 7) is 2.56. The van der Waals surface area contributed by atoms with E-state index in [0.29, 0.717) is 17.5 Å². The molecule has 10 nitrogen and oxygen atoms in total. The van der Waals surface area contributed by atoms with Crippen LogP contribution in [0.15, 0.2) is 30.3 Å². The molecule has 1 saturated carbocycles. The first-order valence-electron chi connectivity index (χ1n) is 14.2. The van der Waals surface area contributed by atoms with Gasteiger partial charge in [0.15, 0.2) is 5.65 Å². The second-order valence-corrected chi connectivity index (χ2v) is 13.6. The van der Waals surface area contributed by atoms with Gasteiger partial charge < -0.3 is 15.5 Å². The Labute approximate surface area is 239 Å². The summed E-state index contributed by atoms with van der Waals surface area (Å²) in [4.78, 5) is 23.0. The Morgan fingerprint density at radius 3 is 2.50 bits per heavy atom. The standard InChI is InChI=1S/C28H36ClN7O3S/c1-40(38,39)33-22-11-8-19(29)15-21(22)28(37)35-14-3-2-5-24(35)23-16-27-31-26(34-12-4-13-34)17-25(36(27)32-23)18-6-9-20(30)10-7-18/h8,11,15-18,20,24,33H,2-7,9-10,12-14,30H2,1H3/t18?,20?,24-/m0/s1. The maximum Gasteiger partial charge on any atom is 0.256 e. The molecular formula is C28H36ClN7O3S. The highest BCUT2D eigenvalue weighted by Gasteiger charge is 2.33. The molecule has 1 atom stereocenters. The van der Waals surface area contributed by atoms with Crippen molar-refractivity contribution >= 4 is 44.7 Å². The van der Waals surface area contributed by atoms with Crippen molar-refractivity contribution in [1.82, 2.24) is 19.5 Å². The molecule has 3 N–H and O–H groups in total. The maximum absolute atomic E-state index is 14.0. The molecular weight excluding hydrogens is 550 g/mol. The van der Waals surface area contributed by atoms with Gasteiger partial charge in [0.25, 0.3) is 5.91 Å². The van der Waals surface area contributed by atoms with Crippen LogP contribution in [-0.2, 0) is 10.0 Å². The average Bonchev–Trinajstić information content (AvgIpc) is 3.32. The van der Waals surface area contributed by atoms with Gasteiger partial charge in [0.05, 0.1) is 34.9 Å². The zero-order valence-electron chi connectivity index (χ0n) is 22.7. The van der Waals surface area contributed by atoms with Gasteiger partial charge in [0.1, 0.15) is 5.82 Å². The fraction of sp³-hybridized carbons (Fsp3) is 0.536. The van der Waals surface area contributed by atoms with Gasteiger partial charge in [-0.2, -0.15) is 5.10 Å². The van der Waals surface area contributed by atoms with Crippen molar-refractivity contribution in [3.63, 3.8) is 0 Å². The van der Waals surface area contributed by atoms with Crippen molar-refractivity contribution in [2.45, 2.75) is 69.4 Å². The maximum atomic E-state index is 14.0. The molecule has 1 amide bonds. The monoisotopic (exact) mass is 585 g/mol. The van der Waals surface area contributed by atoms with Crippen molar-refractivity contribution < 1.29 is 13.2 Å². The van der Waals surface area contributed by atoms with Crippen molar-refractivity contribution in [2.24, 2.45) is 5.73 Å². The lowest BCUT2D eigenvalue weighted by molar-refractivity contribution is 0.0606. The first kappa shape index (κ1) is 27.3. The highest BCUT2D eigenvalue weighted by Crippen LogP contribution is 2.37. The topological polar surface area (TPSA) is 126 Å². The summed E-state index contributed by atoms with van der Waals surface area (Å²) in [5, 5.41) is 5.44. The number of rotatable bonds is 6. The molecule has 0 spiro atoms. The molecule has 0 bridgehead atoms. The molecule has 12 heteroatoms. The van der Waals surface area contributed by atoms with E-state index in [1.807, 2.05) is 10.6 Å². The molecule has 4 heterocycles. The molecule has 40 heavy (non-hydrogen) atoms. The van der Waals surface area contributed by atoms with Crippen molar-refractivity contribution in [3.8, 4) is 0 Å². The number of nitrogens with two attached hydrogens (primary N) is 1. The number of nitrogens with zero attached hydrogens (tertiary/aromatic N) is 5. The van der Waals surface area contributed by atoms with Gasteiger partial charge in [0.2, 0.25) is 10.0 Å². The van der Waals surface area contributed by atoms with Crippen molar-refractivity contribution in [1.29, 1.82) is 0 Å². The van der Waals surface area contributed by atoms with Crippen LogP contribution in [0.4, 0.5) is 11.5 Å². The number of piperidine rings is 1. The Morgan fingerprint density at radius 1 is 1.02 bits per heavy atom.